The van der Waals surface area contributed by atoms with Crippen LogP contribution in [0.2, 0.25) is 0 Å². The van der Waals surface area contributed by atoms with E-state index in [0.717, 1.165) is 58.6 Å². The van der Waals surface area contributed by atoms with Crippen molar-refractivity contribution in [1.82, 2.24) is 0 Å². The smallest absolute Gasteiger partial charge is 0.341 e. The summed E-state index contributed by atoms with van der Waals surface area (Å²) in [5.41, 5.74) is 3.60. The SMILES string of the molecule is Cc1c(C)c2c(c(C)c1OCC(=O)O)C=CC(C)(CCCC(C)CCCC(C)CCCC(C)C)O2. The van der Waals surface area contributed by atoms with E-state index in [9.17, 15) is 4.79 Å². The molecule has 0 fully saturated rings. The van der Waals surface area contributed by atoms with E-state index in [1.165, 1.54) is 44.9 Å². The molecule has 1 aromatic rings. The predicted molar refractivity (Wildman–Crippen MR) is 147 cm³/mol. The van der Waals surface area contributed by atoms with Crippen molar-refractivity contribution in [3.05, 3.63) is 28.3 Å². The van der Waals surface area contributed by atoms with Gasteiger partial charge in [0.05, 0.1) is 0 Å². The van der Waals surface area contributed by atoms with Crippen molar-refractivity contribution in [3.63, 3.8) is 0 Å². The molecule has 0 aromatic heterocycles. The van der Waals surface area contributed by atoms with Gasteiger partial charge in [0.2, 0.25) is 0 Å². The number of hydrogen-bond acceptors (Lipinski definition) is 3. The van der Waals surface area contributed by atoms with Crippen molar-refractivity contribution in [2.45, 2.75) is 119 Å². The van der Waals surface area contributed by atoms with Gasteiger partial charge in [-0.1, -0.05) is 78.7 Å². The minimum Gasteiger partial charge on any atom is -0.483 e. The van der Waals surface area contributed by atoms with Gasteiger partial charge in [-0.3, -0.25) is 0 Å². The Bertz CT molecular complexity index is 869. The Morgan fingerprint density at radius 3 is 2.06 bits per heavy atom. The van der Waals surface area contributed by atoms with Crippen LogP contribution in [0.4, 0.5) is 0 Å². The van der Waals surface area contributed by atoms with Gasteiger partial charge in [-0.2, -0.15) is 0 Å². The van der Waals surface area contributed by atoms with Gasteiger partial charge in [-0.15, -0.1) is 0 Å². The van der Waals surface area contributed by atoms with E-state index in [0.29, 0.717) is 5.75 Å². The summed E-state index contributed by atoms with van der Waals surface area (Å²) < 4.78 is 12.2. The molecule has 4 nitrogen and oxygen atoms in total. The lowest BCUT2D eigenvalue weighted by molar-refractivity contribution is -0.139. The maximum Gasteiger partial charge on any atom is 0.341 e. The van der Waals surface area contributed by atoms with E-state index in [2.05, 4.69) is 46.8 Å². The van der Waals surface area contributed by atoms with Crippen molar-refractivity contribution in [1.29, 1.82) is 0 Å². The number of aliphatic carboxylic acids is 1. The Morgan fingerprint density at radius 1 is 0.914 bits per heavy atom. The van der Waals surface area contributed by atoms with E-state index >= 15 is 0 Å². The Hall–Kier alpha value is -1.97. The van der Waals surface area contributed by atoms with Gasteiger partial charge in [0.25, 0.3) is 0 Å². The third kappa shape index (κ3) is 8.88. The highest BCUT2D eigenvalue weighted by Crippen LogP contribution is 2.43. The van der Waals surface area contributed by atoms with Gasteiger partial charge in [-0.25, -0.2) is 4.79 Å². The van der Waals surface area contributed by atoms with E-state index in [1.807, 2.05) is 20.8 Å². The van der Waals surface area contributed by atoms with Crippen LogP contribution in [0.3, 0.4) is 0 Å². The van der Waals surface area contributed by atoms with Gasteiger partial charge >= 0.3 is 5.97 Å². The Kier molecular flexibility index (Phi) is 11.2. The molecule has 1 N–H and O–H groups in total. The monoisotopic (exact) mass is 486 g/mol. The molecule has 0 amide bonds. The summed E-state index contributed by atoms with van der Waals surface area (Å²) in [4.78, 5) is 11.0. The first-order valence-corrected chi connectivity index (χ1v) is 13.8. The van der Waals surface area contributed by atoms with Crippen molar-refractivity contribution < 1.29 is 19.4 Å². The van der Waals surface area contributed by atoms with Crippen LogP contribution in [0.1, 0.15) is 115 Å². The number of carboxylic acids is 1. The molecule has 198 valence electrons. The number of hydrogen-bond donors (Lipinski definition) is 1. The fourth-order valence-electron chi connectivity index (χ4n) is 5.24. The third-order valence-electron chi connectivity index (χ3n) is 7.75. The molecule has 1 heterocycles. The van der Waals surface area contributed by atoms with Crippen LogP contribution in [0.15, 0.2) is 6.08 Å². The molecule has 0 radical (unpaired) electrons. The van der Waals surface area contributed by atoms with Gasteiger partial charge in [0, 0.05) is 11.1 Å². The van der Waals surface area contributed by atoms with Crippen LogP contribution in [0.25, 0.3) is 6.08 Å². The molecule has 1 aliphatic rings. The zero-order chi connectivity index (χ0) is 26.2. The lowest BCUT2D eigenvalue weighted by Gasteiger charge is -2.34. The maximum atomic E-state index is 11.0. The number of ether oxygens (including phenoxy) is 2. The molecular weight excluding hydrogens is 436 g/mol. The Balaban J connectivity index is 1.85. The summed E-state index contributed by atoms with van der Waals surface area (Å²) >= 11 is 0. The van der Waals surface area contributed by atoms with Crippen LogP contribution >= 0.6 is 0 Å². The molecule has 0 spiro atoms. The molecule has 1 aromatic carbocycles. The number of benzene rings is 1. The first kappa shape index (κ1) is 29.3. The van der Waals surface area contributed by atoms with Gasteiger partial charge in [0.15, 0.2) is 6.61 Å². The molecule has 0 bridgehead atoms. The van der Waals surface area contributed by atoms with Gasteiger partial charge in [-0.05, 0) is 75.5 Å². The summed E-state index contributed by atoms with van der Waals surface area (Å²) in [6.07, 6.45) is 15.8. The molecule has 1 aliphatic heterocycles. The quantitative estimate of drug-likeness (QED) is 0.269. The fourth-order valence-corrected chi connectivity index (χ4v) is 5.24. The molecule has 2 rings (SSSR count). The van der Waals surface area contributed by atoms with Crippen LogP contribution in [-0.2, 0) is 4.79 Å². The summed E-state index contributed by atoms with van der Waals surface area (Å²) in [7, 11) is 0. The van der Waals surface area contributed by atoms with E-state index in [-0.39, 0.29) is 12.2 Å². The van der Waals surface area contributed by atoms with E-state index in [1.54, 1.807) is 0 Å². The van der Waals surface area contributed by atoms with Crippen molar-refractivity contribution in [2.75, 3.05) is 6.61 Å². The number of fused-ring (bicyclic) bond motifs is 1. The van der Waals surface area contributed by atoms with E-state index < -0.39 is 5.97 Å². The van der Waals surface area contributed by atoms with Crippen molar-refractivity contribution >= 4 is 12.0 Å². The van der Waals surface area contributed by atoms with Crippen molar-refractivity contribution in [3.8, 4) is 11.5 Å². The summed E-state index contributed by atoms with van der Waals surface area (Å²) in [5.74, 6) is 3.03. The first-order valence-electron chi connectivity index (χ1n) is 13.8. The van der Waals surface area contributed by atoms with Gasteiger partial charge in [0.1, 0.15) is 17.1 Å². The standard InChI is InChI=1S/C31H50O4/c1-21(2)12-9-13-22(3)14-10-15-23(4)16-11-18-31(8)19-17-27-26(7)29(34-20-28(32)33)24(5)25(6)30(27)35-31/h17,19,21-23H,9-16,18,20H2,1-8H3,(H,32,33). The van der Waals surface area contributed by atoms with Crippen LogP contribution in [-0.4, -0.2) is 23.3 Å². The highest BCUT2D eigenvalue weighted by molar-refractivity contribution is 5.73. The second kappa shape index (κ2) is 13.4. The Morgan fingerprint density at radius 2 is 1.49 bits per heavy atom. The number of carboxylic acid groups (broad SMARTS) is 1. The lowest BCUT2D eigenvalue weighted by atomic mass is 9.88. The fraction of sp³-hybridized carbons (Fsp3) is 0.710. The molecule has 0 aliphatic carbocycles. The average Bonchev–Trinajstić information content (AvgIpc) is 2.77. The largest absolute Gasteiger partial charge is 0.483 e. The number of rotatable bonds is 15. The number of carbonyl (C=O) groups is 1. The summed E-state index contributed by atoms with van der Waals surface area (Å²) in [6, 6.07) is 0. The molecule has 3 atom stereocenters. The molecule has 35 heavy (non-hydrogen) atoms. The van der Waals surface area contributed by atoms with E-state index in [4.69, 9.17) is 14.6 Å². The highest BCUT2D eigenvalue weighted by Gasteiger charge is 2.31. The highest BCUT2D eigenvalue weighted by atomic mass is 16.5. The van der Waals surface area contributed by atoms with Crippen LogP contribution in [0.5, 0.6) is 11.5 Å². The van der Waals surface area contributed by atoms with Crippen molar-refractivity contribution in [2.24, 2.45) is 17.8 Å². The summed E-state index contributed by atoms with van der Waals surface area (Å²) in [6.45, 7) is 17.3. The maximum absolute atomic E-state index is 11.0. The molecular formula is C31H50O4. The predicted octanol–water partition coefficient (Wildman–Crippen LogP) is 8.68. The first-order chi connectivity index (χ1) is 16.4. The lowest BCUT2D eigenvalue weighted by Crippen LogP contribution is -2.32. The zero-order valence-electron chi connectivity index (χ0n) is 23.6. The molecule has 0 saturated carbocycles. The Labute approximate surface area is 214 Å². The summed E-state index contributed by atoms with van der Waals surface area (Å²) in [5, 5.41) is 9.01. The minimum absolute atomic E-state index is 0.315. The van der Waals surface area contributed by atoms with Crippen LogP contribution in [0, 0.1) is 38.5 Å². The minimum atomic E-state index is -0.969. The second-order valence-electron chi connectivity index (χ2n) is 11.7. The molecule has 3 unspecified atom stereocenters. The zero-order valence-corrected chi connectivity index (χ0v) is 23.6. The molecule has 4 heteroatoms. The average molecular weight is 487 g/mol. The third-order valence-corrected chi connectivity index (χ3v) is 7.75. The normalized spacial score (nSPS) is 18.8. The second-order valence-corrected chi connectivity index (χ2v) is 11.7. The van der Waals surface area contributed by atoms with Crippen LogP contribution < -0.4 is 9.47 Å². The van der Waals surface area contributed by atoms with Gasteiger partial charge < -0.3 is 14.6 Å². The molecule has 0 saturated heterocycles. The topological polar surface area (TPSA) is 55.8 Å².